The van der Waals surface area contributed by atoms with E-state index in [1.165, 1.54) is 36.5 Å². The average molecular weight is 365 g/mol. The van der Waals surface area contributed by atoms with Gasteiger partial charge in [-0.2, -0.15) is 0 Å². The van der Waals surface area contributed by atoms with Crippen LogP contribution in [0.4, 0.5) is 0 Å². The Hall–Kier alpha value is -0.650. The molecular formula is C19H28N2OS2. The lowest BCUT2D eigenvalue weighted by Gasteiger charge is -2.32. The van der Waals surface area contributed by atoms with Gasteiger partial charge >= 0.3 is 0 Å². The topological polar surface area (TPSA) is 32.3 Å². The van der Waals surface area contributed by atoms with Gasteiger partial charge in [0, 0.05) is 24.7 Å². The lowest BCUT2D eigenvalue weighted by molar-refractivity contribution is 0.0911. The first-order valence-corrected chi connectivity index (χ1v) is 11.2. The lowest BCUT2D eigenvalue weighted by Crippen LogP contribution is -2.44. The van der Waals surface area contributed by atoms with Gasteiger partial charge in [0.05, 0.1) is 4.58 Å². The molecule has 0 saturated carbocycles. The second-order valence-electron chi connectivity index (χ2n) is 6.64. The van der Waals surface area contributed by atoms with Crippen molar-refractivity contribution >= 4 is 29.4 Å². The summed E-state index contributed by atoms with van der Waals surface area (Å²) >= 11 is 4.04. The summed E-state index contributed by atoms with van der Waals surface area (Å²) in [6.45, 7) is 5.61. The predicted molar refractivity (Wildman–Crippen MR) is 106 cm³/mol. The first-order chi connectivity index (χ1) is 11.8. The minimum Gasteiger partial charge on any atom is -0.349 e. The van der Waals surface area contributed by atoms with Crippen LogP contribution in [0.3, 0.4) is 0 Å². The molecular weight excluding hydrogens is 336 g/mol. The number of rotatable bonds is 5. The highest BCUT2D eigenvalue weighted by Gasteiger charge is 2.21. The Labute approximate surface area is 154 Å². The lowest BCUT2D eigenvalue weighted by atomic mass is 10.0. The van der Waals surface area contributed by atoms with Crippen LogP contribution < -0.4 is 5.32 Å². The molecule has 0 aromatic heterocycles. The van der Waals surface area contributed by atoms with Crippen LogP contribution in [0.5, 0.6) is 0 Å². The molecule has 1 aromatic carbocycles. The largest absolute Gasteiger partial charge is 0.349 e. The van der Waals surface area contributed by atoms with Crippen LogP contribution in [0.25, 0.3) is 0 Å². The Bertz CT molecular complexity index is 521. The first-order valence-electron chi connectivity index (χ1n) is 9.12. The minimum atomic E-state index is 0.0828. The van der Waals surface area contributed by atoms with E-state index < -0.39 is 0 Å². The van der Waals surface area contributed by atoms with Gasteiger partial charge in [0.1, 0.15) is 0 Å². The number of amides is 1. The molecule has 1 aromatic rings. The zero-order chi connectivity index (χ0) is 16.8. The summed E-state index contributed by atoms with van der Waals surface area (Å²) in [6.07, 6.45) is 4.66. The maximum atomic E-state index is 12.5. The number of piperidine rings is 1. The Morgan fingerprint density at radius 1 is 1.17 bits per heavy atom. The molecule has 0 radical (unpaired) electrons. The van der Waals surface area contributed by atoms with E-state index >= 15 is 0 Å². The number of hydrogen-bond donors (Lipinski definition) is 1. The van der Waals surface area contributed by atoms with E-state index in [0.29, 0.717) is 10.6 Å². The van der Waals surface area contributed by atoms with Crippen LogP contribution in [-0.2, 0) is 0 Å². The van der Waals surface area contributed by atoms with Crippen molar-refractivity contribution in [2.24, 2.45) is 0 Å². The zero-order valence-corrected chi connectivity index (χ0v) is 16.1. The fourth-order valence-corrected chi connectivity index (χ4v) is 6.25. The van der Waals surface area contributed by atoms with Crippen LogP contribution in [0.1, 0.15) is 53.1 Å². The SMILES string of the molecule is CCCN1CCC(NC(=O)c2ccc(C3SCCCS3)cc2)CC1. The van der Waals surface area contributed by atoms with Crippen molar-refractivity contribution in [3.05, 3.63) is 35.4 Å². The van der Waals surface area contributed by atoms with Crippen molar-refractivity contribution in [1.29, 1.82) is 0 Å². The third kappa shape index (κ3) is 4.93. The fourth-order valence-electron chi connectivity index (χ4n) is 3.36. The Morgan fingerprint density at radius 2 is 1.83 bits per heavy atom. The standard InChI is InChI=1S/C19H28N2OS2/c1-2-10-21-11-8-17(9-12-21)20-18(22)15-4-6-16(7-5-15)19-23-13-3-14-24-19/h4-7,17,19H,2-3,8-14H2,1H3,(H,20,22). The third-order valence-electron chi connectivity index (χ3n) is 4.73. The van der Waals surface area contributed by atoms with Gasteiger partial charge in [0.25, 0.3) is 5.91 Å². The quantitative estimate of drug-likeness (QED) is 0.850. The van der Waals surface area contributed by atoms with Gasteiger partial charge in [-0.05, 0) is 61.4 Å². The molecule has 2 aliphatic rings. The van der Waals surface area contributed by atoms with E-state index in [9.17, 15) is 4.79 Å². The van der Waals surface area contributed by atoms with Crippen molar-refractivity contribution in [2.45, 2.75) is 43.2 Å². The minimum absolute atomic E-state index is 0.0828. The molecule has 2 heterocycles. The third-order valence-corrected chi connectivity index (χ3v) is 7.75. The number of likely N-dealkylation sites (tertiary alicyclic amines) is 1. The average Bonchev–Trinajstić information content (AvgIpc) is 2.64. The second kappa shape index (κ2) is 9.16. The molecule has 2 fully saturated rings. The summed E-state index contributed by atoms with van der Waals surface area (Å²) in [5, 5.41) is 3.22. The van der Waals surface area contributed by atoms with Gasteiger partial charge in [-0.1, -0.05) is 19.1 Å². The number of carbonyl (C=O) groups is 1. The fraction of sp³-hybridized carbons (Fsp3) is 0.632. The smallest absolute Gasteiger partial charge is 0.251 e. The van der Waals surface area contributed by atoms with E-state index in [1.54, 1.807) is 0 Å². The first kappa shape index (κ1) is 18.2. The van der Waals surface area contributed by atoms with Gasteiger partial charge in [-0.25, -0.2) is 0 Å². The number of benzene rings is 1. The second-order valence-corrected chi connectivity index (χ2v) is 9.36. The van der Waals surface area contributed by atoms with Crippen LogP contribution in [-0.4, -0.2) is 48.0 Å². The Kier molecular flexibility index (Phi) is 6.93. The molecule has 132 valence electrons. The van der Waals surface area contributed by atoms with Crippen molar-refractivity contribution in [3.8, 4) is 0 Å². The maximum absolute atomic E-state index is 12.5. The van der Waals surface area contributed by atoms with Crippen molar-refractivity contribution < 1.29 is 4.79 Å². The molecule has 3 nitrogen and oxygen atoms in total. The molecule has 1 N–H and O–H groups in total. The number of nitrogens with zero attached hydrogens (tertiary/aromatic N) is 1. The predicted octanol–water partition coefficient (Wildman–Crippen LogP) is 4.16. The number of nitrogens with one attached hydrogen (secondary N) is 1. The molecule has 0 aliphatic carbocycles. The van der Waals surface area contributed by atoms with E-state index in [2.05, 4.69) is 29.3 Å². The molecule has 0 spiro atoms. The molecule has 24 heavy (non-hydrogen) atoms. The van der Waals surface area contributed by atoms with Crippen molar-refractivity contribution in [1.82, 2.24) is 10.2 Å². The molecule has 2 saturated heterocycles. The van der Waals surface area contributed by atoms with E-state index in [0.717, 1.165) is 31.5 Å². The number of thioether (sulfide) groups is 2. The number of hydrogen-bond acceptors (Lipinski definition) is 4. The highest BCUT2D eigenvalue weighted by molar-refractivity contribution is 8.16. The number of carbonyl (C=O) groups excluding carboxylic acids is 1. The molecule has 0 unspecified atom stereocenters. The van der Waals surface area contributed by atoms with Gasteiger partial charge in [0.15, 0.2) is 0 Å². The van der Waals surface area contributed by atoms with Crippen LogP contribution in [0.15, 0.2) is 24.3 Å². The maximum Gasteiger partial charge on any atom is 0.251 e. The van der Waals surface area contributed by atoms with Crippen LogP contribution in [0, 0.1) is 0 Å². The van der Waals surface area contributed by atoms with Gasteiger partial charge in [-0.15, -0.1) is 23.5 Å². The monoisotopic (exact) mass is 364 g/mol. The molecule has 0 atom stereocenters. The molecule has 5 heteroatoms. The Balaban J connectivity index is 1.50. The van der Waals surface area contributed by atoms with E-state index in [4.69, 9.17) is 0 Å². The van der Waals surface area contributed by atoms with E-state index in [-0.39, 0.29) is 5.91 Å². The zero-order valence-electron chi connectivity index (χ0n) is 14.5. The summed E-state index contributed by atoms with van der Waals surface area (Å²) in [4.78, 5) is 15.0. The summed E-state index contributed by atoms with van der Waals surface area (Å²) in [7, 11) is 0. The molecule has 0 bridgehead atoms. The van der Waals surface area contributed by atoms with Gasteiger partial charge < -0.3 is 10.2 Å². The van der Waals surface area contributed by atoms with Gasteiger partial charge in [0.2, 0.25) is 0 Å². The van der Waals surface area contributed by atoms with Crippen LogP contribution in [0.2, 0.25) is 0 Å². The molecule has 3 rings (SSSR count). The summed E-state index contributed by atoms with van der Waals surface area (Å²) in [5.74, 6) is 2.58. The molecule has 1 amide bonds. The van der Waals surface area contributed by atoms with Crippen LogP contribution >= 0.6 is 23.5 Å². The van der Waals surface area contributed by atoms with Crippen molar-refractivity contribution in [2.75, 3.05) is 31.1 Å². The highest BCUT2D eigenvalue weighted by atomic mass is 32.2. The van der Waals surface area contributed by atoms with E-state index in [1.807, 2.05) is 35.7 Å². The summed E-state index contributed by atoms with van der Waals surface area (Å²) in [6, 6.07) is 8.58. The van der Waals surface area contributed by atoms with Gasteiger partial charge in [-0.3, -0.25) is 4.79 Å². The van der Waals surface area contributed by atoms with Crippen molar-refractivity contribution in [3.63, 3.8) is 0 Å². The summed E-state index contributed by atoms with van der Waals surface area (Å²) < 4.78 is 0.541. The normalized spacial score (nSPS) is 20.9. The molecule has 2 aliphatic heterocycles. The summed E-state index contributed by atoms with van der Waals surface area (Å²) in [5.41, 5.74) is 2.13. The Morgan fingerprint density at radius 3 is 2.46 bits per heavy atom. The highest BCUT2D eigenvalue weighted by Crippen LogP contribution is 2.43.